The summed E-state index contributed by atoms with van der Waals surface area (Å²) in [7, 11) is 1.98. The van der Waals surface area contributed by atoms with Crippen molar-refractivity contribution >= 4 is 23.2 Å². The van der Waals surface area contributed by atoms with Gasteiger partial charge in [-0.05, 0) is 44.2 Å². The zero-order valence-electron chi connectivity index (χ0n) is 20.4. The molecule has 0 radical (unpaired) electrons. The zero-order chi connectivity index (χ0) is 25.9. The largest absolute Gasteiger partial charge is 0.439 e. The van der Waals surface area contributed by atoms with Crippen molar-refractivity contribution in [3.05, 3.63) is 68.9 Å². The lowest BCUT2D eigenvalue weighted by atomic mass is 10.1. The predicted molar refractivity (Wildman–Crippen MR) is 140 cm³/mol. The normalized spacial score (nSPS) is 14.7. The molecule has 1 aliphatic heterocycles. The van der Waals surface area contributed by atoms with Crippen LogP contribution in [0.25, 0.3) is 11.4 Å². The van der Waals surface area contributed by atoms with E-state index in [1.165, 1.54) is 0 Å². The van der Waals surface area contributed by atoms with Crippen LogP contribution in [-0.2, 0) is 4.74 Å². The number of nitrogens with one attached hydrogen (secondary N) is 3. The van der Waals surface area contributed by atoms with Crippen LogP contribution in [0.1, 0.15) is 18.9 Å². The van der Waals surface area contributed by atoms with Crippen molar-refractivity contribution in [2.45, 2.75) is 20.3 Å². The lowest BCUT2D eigenvalue weighted by molar-refractivity contribution is 0.123. The molecular weight excluding hydrogens is 493 g/mol. The minimum atomic E-state index is -0.559. The van der Waals surface area contributed by atoms with Gasteiger partial charge in [0.1, 0.15) is 0 Å². The molecule has 3 heterocycles. The van der Waals surface area contributed by atoms with E-state index in [1.807, 2.05) is 39.1 Å². The quantitative estimate of drug-likeness (QED) is 0.405. The molecule has 194 valence electrons. The van der Waals surface area contributed by atoms with E-state index in [0.717, 1.165) is 50.4 Å². The molecule has 3 aromatic rings. The maximum absolute atomic E-state index is 10.6. The number of aryl methyl sites for hydroxylation is 1. The van der Waals surface area contributed by atoms with Gasteiger partial charge in [-0.1, -0.05) is 47.4 Å². The summed E-state index contributed by atoms with van der Waals surface area (Å²) in [6.45, 7) is 9.05. The van der Waals surface area contributed by atoms with Crippen molar-refractivity contribution in [3.8, 4) is 11.4 Å². The molecule has 1 aromatic carbocycles. The van der Waals surface area contributed by atoms with Crippen molar-refractivity contribution in [2.24, 2.45) is 5.92 Å². The van der Waals surface area contributed by atoms with Crippen LogP contribution in [0.3, 0.4) is 0 Å². The smallest absolute Gasteiger partial charge is 0.396 e. The van der Waals surface area contributed by atoms with Gasteiger partial charge < -0.3 is 20.5 Å². The molecule has 1 saturated heterocycles. The molecule has 0 spiro atoms. The SMILES string of the molecule is CCCO.CNCC1CNCCOC1.Cc1cncc(-c2noc(=O)[nH]2)c1.Clc1ccccc1Cl. The van der Waals surface area contributed by atoms with E-state index in [-0.39, 0.29) is 0 Å². The van der Waals surface area contributed by atoms with E-state index in [2.05, 4.69) is 30.3 Å². The van der Waals surface area contributed by atoms with Crippen molar-refractivity contribution < 1.29 is 14.4 Å². The van der Waals surface area contributed by atoms with E-state index >= 15 is 0 Å². The van der Waals surface area contributed by atoms with Crippen LogP contribution in [-0.4, -0.2) is 66.7 Å². The number of rotatable bonds is 4. The van der Waals surface area contributed by atoms with Gasteiger partial charge in [-0.3, -0.25) is 14.5 Å². The van der Waals surface area contributed by atoms with E-state index in [1.54, 1.807) is 24.5 Å². The Morgan fingerprint density at radius 2 is 1.91 bits per heavy atom. The van der Waals surface area contributed by atoms with Gasteiger partial charge in [0.25, 0.3) is 0 Å². The Morgan fingerprint density at radius 1 is 1.23 bits per heavy atom. The topological polar surface area (TPSA) is 125 Å². The molecular formula is C24H35Cl2N5O4. The summed E-state index contributed by atoms with van der Waals surface area (Å²) >= 11 is 11.2. The van der Waals surface area contributed by atoms with Crippen molar-refractivity contribution in [3.63, 3.8) is 0 Å². The van der Waals surface area contributed by atoms with Gasteiger partial charge in [0.05, 0.1) is 23.3 Å². The average Bonchev–Trinajstić information content (AvgIpc) is 3.13. The standard InChI is InChI=1S/C8H7N3O2.C7H16N2O.C6H4Cl2.C3H8O/c1-5-2-6(4-9-3-5)7-10-8(12)13-11-7;1-8-4-7-5-9-2-3-10-6-7;7-5-3-1-2-4-6(5)8;1-2-3-4/h2-4H,1H3,(H,10,11,12);7-9H,2-6H2,1H3;1-4H;4H,2-3H2,1H3. The van der Waals surface area contributed by atoms with Crippen LogP contribution in [0.15, 0.2) is 52.0 Å². The Hall–Kier alpha value is -2.27. The summed E-state index contributed by atoms with van der Waals surface area (Å²) in [5, 5.41) is 19.1. The van der Waals surface area contributed by atoms with E-state index in [9.17, 15) is 4.79 Å². The molecule has 1 fully saturated rings. The van der Waals surface area contributed by atoms with E-state index in [0.29, 0.717) is 28.4 Å². The molecule has 0 saturated carbocycles. The molecule has 35 heavy (non-hydrogen) atoms. The minimum absolute atomic E-state index is 0.319. The molecule has 4 rings (SSSR count). The van der Waals surface area contributed by atoms with Crippen molar-refractivity contribution in [1.29, 1.82) is 0 Å². The van der Waals surface area contributed by atoms with Gasteiger partial charge >= 0.3 is 5.76 Å². The van der Waals surface area contributed by atoms with Gasteiger partial charge in [-0.2, -0.15) is 0 Å². The van der Waals surface area contributed by atoms with E-state index < -0.39 is 5.76 Å². The number of hydrogen-bond donors (Lipinski definition) is 4. The lowest BCUT2D eigenvalue weighted by Gasteiger charge is -2.11. The summed E-state index contributed by atoms with van der Waals surface area (Å²) in [5.41, 5.74) is 1.74. The summed E-state index contributed by atoms with van der Waals surface area (Å²) in [6.07, 6.45) is 4.21. The predicted octanol–water partition coefficient (Wildman–Crippen LogP) is 3.56. The van der Waals surface area contributed by atoms with Crippen LogP contribution in [0.4, 0.5) is 0 Å². The highest BCUT2D eigenvalue weighted by Crippen LogP contribution is 2.19. The molecule has 1 unspecified atom stereocenters. The first-order valence-corrected chi connectivity index (χ1v) is 12.1. The molecule has 0 aliphatic carbocycles. The highest BCUT2D eigenvalue weighted by Gasteiger charge is 2.10. The first-order valence-electron chi connectivity index (χ1n) is 11.3. The van der Waals surface area contributed by atoms with Gasteiger partial charge in [-0.15, -0.1) is 0 Å². The molecule has 11 heteroatoms. The fraction of sp³-hybridized carbons (Fsp3) is 0.458. The van der Waals surface area contributed by atoms with Gasteiger partial charge in [0, 0.05) is 50.1 Å². The first-order chi connectivity index (χ1) is 16.9. The van der Waals surface area contributed by atoms with E-state index in [4.69, 9.17) is 33.0 Å². The molecule has 1 aliphatic rings. The van der Waals surface area contributed by atoms with Crippen LogP contribution in [0.5, 0.6) is 0 Å². The third-order valence-electron chi connectivity index (χ3n) is 4.34. The Bertz CT molecular complexity index is 969. The number of halogens is 2. The number of benzene rings is 1. The van der Waals surface area contributed by atoms with Crippen LogP contribution < -0.4 is 16.4 Å². The maximum Gasteiger partial charge on any atom is 0.439 e. The lowest BCUT2D eigenvalue weighted by Crippen LogP contribution is -2.30. The average molecular weight is 528 g/mol. The van der Waals surface area contributed by atoms with Crippen LogP contribution in [0, 0.1) is 12.8 Å². The fourth-order valence-corrected chi connectivity index (χ4v) is 2.93. The summed E-state index contributed by atoms with van der Waals surface area (Å²) in [4.78, 5) is 17.1. The van der Waals surface area contributed by atoms with Gasteiger partial charge in [-0.25, -0.2) is 4.79 Å². The highest BCUT2D eigenvalue weighted by molar-refractivity contribution is 6.41. The molecule has 4 N–H and O–H groups in total. The number of H-pyrrole nitrogens is 1. The molecule has 9 nitrogen and oxygen atoms in total. The van der Waals surface area contributed by atoms with Crippen LogP contribution in [0.2, 0.25) is 10.0 Å². The number of nitrogens with zero attached hydrogens (tertiary/aromatic N) is 2. The summed E-state index contributed by atoms with van der Waals surface area (Å²) < 4.78 is 9.73. The monoisotopic (exact) mass is 527 g/mol. The number of ether oxygens (including phenoxy) is 1. The Labute approximate surface area is 216 Å². The maximum atomic E-state index is 10.6. The highest BCUT2D eigenvalue weighted by atomic mass is 35.5. The first kappa shape index (κ1) is 30.8. The number of hydrogen-bond acceptors (Lipinski definition) is 8. The number of aliphatic hydroxyl groups excluding tert-OH is 1. The van der Waals surface area contributed by atoms with Gasteiger partial charge in [0.2, 0.25) is 0 Å². The summed E-state index contributed by atoms with van der Waals surface area (Å²) in [5.74, 6) is 0.491. The second-order valence-electron chi connectivity index (χ2n) is 7.54. The Morgan fingerprint density at radius 3 is 2.43 bits per heavy atom. The van der Waals surface area contributed by atoms with Crippen LogP contribution >= 0.6 is 23.2 Å². The Balaban J connectivity index is 0.000000250. The van der Waals surface area contributed by atoms with Crippen molar-refractivity contribution in [1.82, 2.24) is 25.8 Å². The third kappa shape index (κ3) is 14.0. The summed E-state index contributed by atoms with van der Waals surface area (Å²) in [6, 6.07) is 9.05. The zero-order valence-corrected chi connectivity index (χ0v) is 21.9. The molecule has 0 bridgehead atoms. The molecule has 0 amide bonds. The van der Waals surface area contributed by atoms with Crippen molar-refractivity contribution in [2.75, 3.05) is 46.5 Å². The number of aromatic amines is 1. The number of pyridine rings is 1. The second kappa shape index (κ2) is 19.0. The van der Waals surface area contributed by atoms with Gasteiger partial charge in [0.15, 0.2) is 5.82 Å². The third-order valence-corrected chi connectivity index (χ3v) is 5.10. The fourth-order valence-electron chi connectivity index (χ4n) is 2.66. The second-order valence-corrected chi connectivity index (χ2v) is 8.35. The molecule has 1 atom stereocenters. The number of aliphatic hydroxyl groups is 1. The number of aromatic nitrogens is 3. The minimum Gasteiger partial charge on any atom is -0.396 e. The Kier molecular flexibility index (Phi) is 16.7. The molecule has 2 aromatic heterocycles.